The summed E-state index contributed by atoms with van der Waals surface area (Å²) in [4.78, 5) is 11.9. The molecule has 2 aromatic carbocycles. The van der Waals surface area contributed by atoms with E-state index < -0.39 is 0 Å². The molecule has 0 bridgehead atoms. The highest BCUT2D eigenvalue weighted by Gasteiger charge is 2.10. The van der Waals surface area contributed by atoms with Gasteiger partial charge in [0.2, 0.25) is 0 Å². The molecule has 0 spiro atoms. The number of ether oxygens (including phenoxy) is 2. The normalized spacial score (nSPS) is 10.8. The predicted octanol–water partition coefficient (Wildman–Crippen LogP) is 5.16. The molecule has 1 aromatic heterocycles. The lowest BCUT2D eigenvalue weighted by atomic mass is 10.1. The van der Waals surface area contributed by atoms with Crippen LogP contribution < -0.4 is 20.4 Å². The second kappa shape index (κ2) is 8.35. The van der Waals surface area contributed by atoms with Gasteiger partial charge in [0.05, 0.1) is 13.2 Å². The molecule has 0 aliphatic heterocycles. The lowest BCUT2D eigenvalue weighted by molar-refractivity contribution is 0.288. The van der Waals surface area contributed by atoms with Crippen LogP contribution in [0.25, 0.3) is 11.0 Å². The number of aryl methyl sites for hydroxylation is 1. The summed E-state index contributed by atoms with van der Waals surface area (Å²) in [5.74, 6) is 1.39. The molecule has 0 unspecified atom stereocenters. The number of hydrogen-bond acceptors (Lipinski definition) is 5. The minimum atomic E-state index is -0.386. The van der Waals surface area contributed by atoms with Crippen LogP contribution in [-0.2, 0) is 6.54 Å². The first-order valence-electron chi connectivity index (χ1n) is 8.88. The van der Waals surface area contributed by atoms with Gasteiger partial charge in [-0.1, -0.05) is 11.6 Å². The zero-order valence-electron chi connectivity index (χ0n) is 15.6. The summed E-state index contributed by atoms with van der Waals surface area (Å²) in [7, 11) is 0. The minimum Gasteiger partial charge on any atom is -0.490 e. The van der Waals surface area contributed by atoms with Gasteiger partial charge >= 0.3 is 5.63 Å². The van der Waals surface area contributed by atoms with Crippen molar-refractivity contribution < 1.29 is 13.9 Å². The van der Waals surface area contributed by atoms with Crippen LogP contribution in [0, 0.1) is 6.92 Å². The molecule has 0 saturated carbocycles. The SMILES string of the molecule is CCOc1ccc(NCc2cc(=O)oc3cc(C)c(Cl)cc23)cc1OCC. The molecule has 0 radical (unpaired) electrons. The smallest absolute Gasteiger partial charge is 0.336 e. The third-order valence-electron chi connectivity index (χ3n) is 4.14. The Labute approximate surface area is 162 Å². The van der Waals surface area contributed by atoms with E-state index in [0.717, 1.165) is 22.2 Å². The fourth-order valence-electron chi connectivity index (χ4n) is 2.85. The highest BCUT2D eigenvalue weighted by atomic mass is 35.5. The number of nitrogens with one attached hydrogen (secondary N) is 1. The van der Waals surface area contributed by atoms with E-state index in [4.69, 9.17) is 25.5 Å². The largest absolute Gasteiger partial charge is 0.490 e. The Morgan fingerprint density at radius 1 is 1.04 bits per heavy atom. The summed E-state index contributed by atoms with van der Waals surface area (Å²) in [6.07, 6.45) is 0. The summed E-state index contributed by atoms with van der Waals surface area (Å²) in [6, 6.07) is 10.8. The van der Waals surface area contributed by atoms with Crippen LogP contribution in [0.3, 0.4) is 0 Å². The fourth-order valence-corrected chi connectivity index (χ4v) is 3.02. The van der Waals surface area contributed by atoms with Crippen molar-refractivity contribution in [1.29, 1.82) is 0 Å². The van der Waals surface area contributed by atoms with Gasteiger partial charge in [0.15, 0.2) is 11.5 Å². The molecular weight excluding hydrogens is 366 g/mol. The second-order valence-electron chi connectivity index (χ2n) is 6.07. The number of rotatable bonds is 7. The van der Waals surface area contributed by atoms with Gasteiger partial charge in [-0.05, 0) is 56.2 Å². The van der Waals surface area contributed by atoms with Gasteiger partial charge in [-0.15, -0.1) is 0 Å². The monoisotopic (exact) mass is 387 g/mol. The van der Waals surface area contributed by atoms with Crippen LogP contribution in [0.2, 0.25) is 5.02 Å². The third-order valence-corrected chi connectivity index (χ3v) is 4.54. The maximum absolute atomic E-state index is 11.9. The molecule has 0 saturated heterocycles. The predicted molar refractivity (Wildman–Crippen MR) is 108 cm³/mol. The third kappa shape index (κ3) is 4.37. The molecule has 142 valence electrons. The maximum atomic E-state index is 11.9. The van der Waals surface area contributed by atoms with Crippen LogP contribution in [0.15, 0.2) is 45.6 Å². The molecule has 3 aromatic rings. The van der Waals surface area contributed by atoms with Gasteiger partial charge in [0.1, 0.15) is 5.58 Å². The Bertz CT molecular complexity index is 1010. The van der Waals surface area contributed by atoms with Gasteiger partial charge in [0, 0.05) is 34.8 Å². The lowest BCUT2D eigenvalue weighted by Crippen LogP contribution is -2.06. The molecule has 1 N–H and O–H groups in total. The van der Waals surface area contributed by atoms with Crippen LogP contribution in [0.5, 0.6) is 11.5 Å². The first-order valence-corrected chi connectivity index (χ1v) is 9.26. The molecule has 0 fully saturated rings. The Morgan fingerprint density at radius 3 is 2.52 bits per heavy atom. The van der Waals surface area contributed by atoms with Crippen molar-refractivity contribution in [3.05, 3.63) is 63.0 Å². The number of anilines is 1. The fraction of sp³-hybridized carbons (Fsp3) is 0.286. The summed E-state index contributed by atoms with van der Waals surface area (Å²) in [5, 5.41) is 4.77. The van der Waals surface area contributed by atoms with E-state index >= 15 is 0 Å². The van der Waals surface area contributed by atoms with Crippen molar-refractivity contribution in [2.45, 2.75) is 27.3 Å². The van der Waals surface area contributed by atoms with Gasteiger partial charge in [0.25, 0.3) is 0 Å². The van der Waals surface area contributed by atoms with Crippen LogP contribution >= 0.6 is 11.6 Å². The number of benzene rings is 2. The first kappa shape index (κ1) is 19.1. The van der Waals surface area contributed by atoms with Crippen molar-refractivity contribution in [3.8, 4) is 11.5 Å². The van der Waals surface area contributed by atoms with Crippen molar-refractivity contribution >= 4 is 28.3 Å². The Morgan fingerprint density at radius 2 is 1.78 bits per heavy atom. The number of fused-ring (bicyclic) bond motifs is 1. The summed E-state index contributed by atoms with van der Waals surface area (Å²) in [6.45, 7) is 7.30. The standard InChI is InChI=1S/C21H22ClNO4/c1-4-25-18-7-6-15(10-20(18)26-5-2)23-12-14-9-21(24)27-19-8-13(3)17(22)11-16(14)19/h6-11,23H,4-5,12H2,1-3H3. The summed E-state index contributed by atoms with van der Waals surface area (Å²) < 4.78 is 16.5. The molecule has 0 atom stereocenters. The van der Waals surface area contributed by atoms with E-state index in [9.17, 15) is 4.79 Å². The molecule has 0 amide bonds. The van der Waals surface area contributed by atoms with E-state index in [1.165, 1.54) is 6.07 Å². The van der Waals surface area contributed by atoms with Crippen molar-refractivity contribution in [3.63, 3.8) is 0 Å². The van der Waals surface area contributed by atoms with Crippen molar-refractivity contribution in [2.24, 2.45) is 0 Å². The highest BCUT2D eigenvalue weighted by molar-refractivity contribution is 6.32. The van der Waals surface area contributed by atoms with Gasteiger partial charge in [-0.3, -0.25) is 0 Å². The van der Waals surface area contributed by atoms with E-state index in [0.29, 0.717) is 41.9 Å². The minimum absolute atomic E-state index is 0.386. The van der Waals surface area contributed by atoms with E-state index in [1.807, 2.05) is 45.0 Å². The first-order chi connectivity index (χ1) is 13.0. The average Bonchev–Trinajstić information content (AvgIpc) is 2.63. The second-order valence-corrected chi connectivity index (χ2v) is 6.48. The summed E-state index contributed by atoms with van der Waals surface area (Å²) in [5.41, 5.74) is 2.69. The van der Waals surface area contributed by atoms with Crippen LogP contribution in [0.4, 0.5) is 5.69 Å². The lowest BCUT2D eigenvalue weighted by Gasteiger charge is -2.14. The molecule has 0 aliphatic rings. The van der Waals surface area contributed by atoms with Gasteiger partial charge in [-0.2, -0.15) is 0 Å². The zero-order chi connectivity index (χ0) is 19.4. The Balaban J connectivity index is 1.89. The molecule has 1 heterocycles. The van der Waals surface area contributed by atoms with E-state index in [-0.39, 0.29) is 5.63 Å². The Kier molecular flexibility index (Phi) is 5.91. The molecule has 5 nitrogen and oxygen atoms in total. The van der Waals surface area contributed by atoms with Crippen molar-refractivity contribution in [2.75, 3.05) is 18.5 Å². The topological polar surface area (TPSA) is 60.7 Å². The van der Waals surface area contributed by atoms with Gasteiger partial charge < -0.3 is 19.2 Å². The van der Waals surface area contributed by atoms with Crippen LogP contribution in [0.1, 0.15) is 25.0 Å². The van der Waals surface area contributed by atoms with E-state index in [2.05, 4.69) is 5.32 Å². The van der Waals surface area contributed by atoms with E-state index in [1.54, 1.807) is 6.07 Å². The molecule has 27 heavy (non-hydrogen) atoms. The molecular formula is C21H22ClNO4. The number of halogens is 1. The molecule has 6 heteroatoms. The number of hydrogen-bond donors (Lipinski definition) is 1. The maximum Gasteiger partial charge on any atom is 0.336 e. The molecule has 0 aliphatic carbocycles. The summed E-state index contributed by atoms with van der Waals surface area (Å²) >= 11 is 6.25. The molecule has 3 rings (SSSR count). The van der Waals surface area contributed by atoms with Crippen molar-refractivity contribution in [1.82, 2.24) is 0 Å². The quantitative estimate of drug-likeness (QED) is 0.567. The Hall–Kier alpha value is -2.66. The average molecular weight is 388 g/mol. The highest BCUT2D eigenvalue weighted by Crippen LogP contribution is 2.31. The zero-order valence-corrected chi connectivity index (χ0v) is 16.4. The van der Waals surface area contributed by atoms with Crippen LogP contribution in [-0.4, -0.2) is 13.2 Å². The van der Waals surface area contributed by atoms with Gasteiger partial charge in [-0.25, -0.2) is 4.79 Å².